The summed E-state index contributed by atoms with van der Waals surface area (Å²) >= 11 is 0. The summed E-state index contributed by atoms with van der Waals surface area (Å²) in [4.78, 5) is 24.9. The zero-order valence-corrected chi connectivity index (χ0v) is 10.7. The van der Waals surface area contributed by atoms with Gasteiger partial charge in [-0.1, -0.05) is 18.1 Å². The molecule has 1 aliphatic rings. The average molecular weight is 256 g/mol. The van der Waals surface area contributed by atoms with Gasteiger partial charge in [0.1, 0.15) is 0 Å². The van der Waals surface area contributed by atoms with E-state index in [0.29, 0.717) is 12.8 Å². The van der Waals surface area contributed by atoms with Crippen molar-refractivity contribution >= 4 is 17.5 Å². The van der Waals surface area contributed by atoms with E-state index < -0.39 is 0 Å². The Morgan fingerprint density at radius 1 is 1.37 bits per heavy atom. The molecule has 0 radical (unpaired) electrons. The summed E-state index contributed by atoms with van der Waals surface area (Å²) in [6.45, 7) is 1.03. The molecule has 0 saturated carbocycles. The van der Waals surface area contributed by atoms with Crippen LogP contribution < -0.4 is 10.2 Å². The molecule has 1 N–H and O–H groups in total. The SMILES string of the molecule is C#CCNC(=O)Cc1ccc(N2CCCC2=O)cc1. The van der Waals surface area contributed by atoms with Gasteiger partial charge < -0.3 is 10.2 Å². The molecule has 1 heterocycles. The lowest BCUT2D eigenvalue weighted by Gasteiger charge is -2.15. The van der Waals surface area contributed by atoms with Gasteiger partial charge in [0.25, 0.3) is 0 Å². The molecule has 2 rings (SSSR count). The first kappa shape index (κ1) is 13.2. The topological polar surface area (TPSA) is 49.4 Å². The highest BCUT2D eigenvalue weighted by molar-refractivity contribution is 5.95. The van der Waals surface area contributed by atoms with Gasteiger partial charge in [0.05, 0.1) is 13.0 Å². The first-order valence-corrected chi connectivity index (χ1v) is 6.30. The zero-order chi connectivity index (χ0) is 13.7. The van der Waals surface area contributed by atoms with Crippen LogP contribution in [0.3, 0.4) is 0 Å². The van der Waals surface area contributed by atoms with Gasteiger partial charge >= 0.3 is 0 Å². The van der Waals surface area contributed by atoms with Crippen LogP contribution in [-0.2, 0) is 16.0 Å². The summed E-state index contributed by atoms with van der Waals surface area (Å²) < 4.78 is 0. The van der Waals surface area contributed by atoms with Crippen LogP contribution in [0.4, 0.5) is 5.69 Å². The van der Waals surface area contributed by atoms with E-state index in [-0.39, 0.29) is 18.4 Å². The van der Waals surface area contributed by atoms with Crippen LogP contribution in [0.15, 0.2) is 24.3 Å². The predicted molar refractivity (Wildman–Crippen MR) is 73.6 cm³/mol. The number of nitrogens with zero attached hydrogens (tertiary/aromatic N) is 1. The van der Waals surface area contributed by atoms with Gasteiger partial charge in [-0.05, 0) is 24.1 Å². The molecule has 4 nitrogen and oxygen atoms in total. The lowest BCUT2D eigenvalue weighted by Crippen LogP contribution is -2.25. The zero-order valence-electron chi connectivity index (χ0n) is 10.7. The normalized spacial score (nSPS) is 14.3. The van der Waals surface area contributed by atoms with Crippen LogP contribution in [0.1, 0.15) is 18.4 Å². The number of hydrogen-bond acceptors (Lipinski definition) is 2. The van der Waals surface area contributed by atoms with E-state index in [1.165, 1.54) is 0 Å². The number of carbonyl (C=O) groups is 2. The Labute approximate surface area is 112 Å². The molecule has 1 saturated heterocycles. The molecule has 0 spiro atoms. The third-order valence-corrected chi connectivity index (χ3v) is 3.07. The molecule has 19 heavy (non-hydrogen) atoms. The Balaban J connectivity index is 1.97. The molecule has 4 heteroatoms. The standard InChI is InChI=1S/C15H16N2O2/c1-2-9-16-14(18)11-12-5-7-13(8-6-12)17-10-3-4-15(17)19/h1,5-8H,3-4,9-11H2,(H,16,18). The number of terminal acetylenes is 1. The highest BCUT2D eigenvalue weighted by Gasteiger charge is 2.21. The summed E-state index contributed by atoms with van der Waals surface area (Å²) in [6, 6.07) is 7.51. The molecule has 1 aromatic rings. The summed E-state index contributed by atoms with van der Waals surface area (Å²) in [5, 5.41) is 2.62. The smallest absolute Gasteiger partial charge is 0.227 e. The number of nitrogens with one attached hydrogen (secondary N) is 1. The molecule has 0 atom stereocenters. The second-order valence-electron chi connectivity index (χ2n) is 4.47. The molecule has 0 aromatic heterocycles. The predicted octanol–water partition coefficient (Wildman–Crippen LogP) is 1.11. The lowest BCUT2D eigenvalue weighted by atomic mass is 10.1. The van der Waals surface area contributed by atoms with Crippen molar-refractivity contribution in [2.24, 2.45) is 0 Å². The molecular weight excluding hydrogens is 240 g/mol. The Morgan fingerprint density at radius 2 is 2.11 bits per heavy atom. The summed E-state index contributed by atoms with van der Waals surface area (Å²) in [5.41, 5.74) is 1.81. The monoisotopic (exact) mass is 256 g/mol. The third-order valence-electron chi connectivity index (χ3n) is 3.07. The molecule has 0 unspecified atom stereocenters. The minimum absolute atomic E-state index is 0.0945. The van der Waals surface area contributed by atoms with Gasteiger partial charge in [-0.25, -0.2) is 0 Å². The van der Waals surface area contributed by atoms with E-state index in [0.717, 1.165) is 24.2 Å². The van der Waals surface area contributed by atoms with E-state index in [1.807, 2.05) is 24.3 Å². The van der Waals surface area contributed by atoms with Gasteiger partial charge in [0, 0.05) is 18.7 Å². The molecular formula is C15H16N2O2. The number of anilines is 1. The fourth-order valence-corrected chi connectivity index (χ4v) is 2.11. The fraction of sp³-hybridized carbons (Fsp3) is 0.333. The highest BCUT2D eigenvalue weighted by atomic mass is 16.2. The van der Waals surface area contributed by atoms with Crippen molar-refractivity contribution in [2.75, 3.05) is 18.0 Å². The van der Waals surface area contributed by atoms with E-state index >= 15 is 0 Å². The Kier molecular flexibility index (Phi) is 4.19. The first-order chi connectivity index (χ1) is 9.20. The Hall–Kier alpha value is -2.28. The van der Waals surface area contributed by atoms with Gasteiger partial charge in [-0.15, -0.1) is 6.42 Å². The maximum Gasteiger partial charge on any atom is 0.227 e. The van der Waals surface area contributed by atoms with Gasteiger partial charge in [-0.2, -0.15) is 0 Å². The van der Waals surface area contributed by atoms with Gasteiger partial charge in [0.15, 0.2) is 0 Å². The lowest BCUT2D eigenvalue weighted by molar-refractivity contribution is -0.120. The first-order valence-electron chi connectivity index (χ1n) is 6.30. The largest absolute Gasteiger partial charge is 0.345 e. The van der Waals surface area contributed by atoms with Crippen molar-refractivity contribution in [3.8, 4) is 12.3 Å². The second-order valence-corrected chi connectivity index (χ2v) is 4.47. The number of rotatable bonds is 4. The summed E-state index contributed by atoms with van der Waals surface area (Å²) in [6.07, 6.45) is 6.91. The van der Waals surface area contributed by atoms with E-state index in [4.69, 9.17) is 6.42 Å². The minimum Gasteiger partial charge on any atom is -0.345 e. The number of amides is 2. The summed E-state index contributed by atoms with van der Waals surface area (Å²) in [7, 11) is 0. The van der Waals surface area contributed by atoms with Crippen molar-refractivity contribution in [1.82, 2.24) is 5.32 Å². The Bertz CT molecular complexity index is 514. The van der Waals surface area contributed by atoms with Gasteiger partial charge in [-0.3, -0.25) is 9.59 Å². The molecule has 1 aliphatic heterocycles. The quantitative estimate of drug-likeness (QED) is 0.820. The van der Waals surface area contributed by atoms with Gasteiger partial charge in [0.2, 0.25) is 11.8 Å². The molecule has 0 aliphatic carbocycles. The summed E-state index contributed by atoms with van der Waals surface area (Å²) in [5.74, 6) is 2.43. The van der Waals surface area contributed by atoms with Crippen molar-refractivity contribution in [2.45, 2.75) is 19.3 Å². The van der Waals surface area contributed by atoms with Crippen molar-refractivity contribution in [3.05, 3.63) is 29.8 Å². The van der Waals surface area contributed by atoms with Crippen LogP contribution in [0.25, 0.3) is 0 Å². The molecule has 1 fully saturated rings. The van der Waals surface area contributed by atoms with Crippen molar-refractivity contribution in [3.63, 3.8) is 0 Å². The third kappa shape index (κ3) is 3.35. The second kappa shape index (κ2) is 6.05. The molecule has 0 bridgehead atoms. The van der Waals surface area contributed by atoms with Crippen molar-refractivity contribution in [1.29, 1.82) is 0 Å². The maximum atomic E-state index is 11.6. The van der Waals surface area contributed by atoms with Crippen LogP contribution in [0.2, 0.25) is 0 Å². The maximum absolute atomic E-state index is 11.6. The molecule has 98 valence electrons. The number of carbonyl (C=O) groups excluding carboxylic acids is 2. The minimum atomic E-state index is -0.0945. The number of hydrogen-bond donors (Lipinski definition) is 1. The van der Waals surface area contributed by atoms with Crippen LogP contribution in [0, 0.1) is 12.3 Å². The molecule has 2 amide bonds. The number of benzene rings is 1. The average Bonchev–Trinajstić information content (AvgIpc) is 2.83. The Morgan fingerprint density at radius 3 is 2.68 bits per heavy atom. The fourth-order valence-electron chi connectivity index (χ4n) is 2.11. The molecule has 1 aromatic carbocycles. The van der Waals surface area contributed by atoms with E-state index in [9.17, 15) is 9.59 Å². The van der Waals surface area contributed by atoms with Crippen LogP contribution in [0.5, 0.6) is 0 Å². The highest BCUT2D eigenvalue weighted by Crippen LogP contribution is 2.21. The van der Waals surface area contributed by atoms with E-state index in [2.05, 4.69) is 11.2 Å². The van der Waals surface area contributed by atoms with Crippen molar-refractivity contribution < 1.29 is 9.59 Å². The van der Waals surface area contributed by atoms with Crippen LogP contribution >= 0.6 is 0 Å². The van der Waals surface area contributed by atoms with Crippen LogP contribution in [-0.4, -0.2) is 24.9 Å². The van der Waals surface area contributed by atoms with E-state index in [1.54, 1.807) is 4.90 Å².